The van der Waals surface area contributed by atoms with Crippen LogP contribution in [0.3, 0.4) is 0 Å². The first-order chi connectivity index (χ1) is 12.5. The van der Waals surface area contributed by atoms with Crippen LogP contribution in [0.25, 0.3) is 0 Å². The lowest BCUT2D eigenvalue weighted by Gasteiger charge is -2.11. The van der Waals surface area contributed by atoms with Crippen molar-refractivity contribution in [1.29, 1.82) is 0 Å². The van der Waals surface area contributed by atoms with E-state index >= 15 is 0 Å². The van der Waals surface area contributed by atoms with Gasteiger partial charge >= 0.3 is 0 Å². The molecule has 0 aromatic heterocycles. The third-order valence-corrected chi connectivity index (χ3v) is 3.88. The van der Waals surface area contributed by atoms with E-state index < -0.39 is 5.91 Å². The maximum Gasteiger partial charge on any atom is 0.259 e. The van der Waals surface area contributed by atoms with E-state index in [1.165, 1.54) is 12.1 Å². The van der Waals surface area contributed by atoms with Gasteiger partial charge in [0.25, 0.3) is 5.91 Å². The molecule has 0 bridgehead atoms. The molecular weight excluding hydrogens is 328 g/mol. The van der Waals surface area contributed by atoms with Crippen LogP contribution in [0.2, 0.25) is 0 Å². The Hall–Kier alpha value is -3.47. The molecule has 1 amide bonds. The quantitative estimate of drug-likeness (QED) is 0.606. The smallest absolute Gasteiger partial charge is 0.259 e. The number of anilines is 2. The second kappa shape index (κ2) is 7.61. The Morgan fingerprint density at radius 1 is 1.08 bits per heavy atom. The molecule has 0 radical (unpaired) electrons. The number of rotatable bonds is 5. The third kappa shape index (κ3) is 4.33. The Bertz CT molecular complexity index is 921. The summed E-state index contributed by atoms with van der Waals surface area (Å²) in [6, 6.07) is 19.4. The van der Waals surface area contributed by atoms with Gasteiger partial charge in [0.1, 0.15) is 18.1 Å². The molecule has 0 aliphatic carbocycles. The molecule has 0 aliphatic heterocycles. The van der Waals surface area contributed by atoms with Crippen molar-refractivity contribution in [3.63, 3.8) is 0 Å². The van der Waals surface area contributed by atoms with Gasteiger partial charge in [0, 0.05) is 11.4 Å². The summed E-state index contributed by atoms with van der Waals surface area (Å²) in [5, 5.41) is 12.8. The second-order valence-electron chi connectivity index (χ2n) is 6.03. The van der Waals surface area contributed by atoms with E-state index in [0.717, 1.165) is 11.1 Å². The Morgan fingerprint density at radius 2 is 1.85 bits per heavy atom. The number of phenolic OH excluding ortho intramolecular Hbond substituents is 1. The molecule has 0 saturated carbocycles. The number of nitrogen functional groups attached to an aromatic ring is 1. The summed E-state index contributed by atoms with van der Waals surface area (Å²) in [4.78, 5) is 12.4. The largest absolute Gasteiger partial charge is 0.507 e. The zero-order chi connectivity index (χ0) is 18.5. The number of hydrogen-bond donors (Lipinski definition) is 3. The molecule has 0 fully saturated rings. The first kappa shape index (κ1) is 17.4. The number of nitrogens with one attached hydrogen (secondary N) is 1. The minimum Gasteiger partial charge on any atom is -0.507 e. The molecule has 0 unspecified atom stereocenters. The molecule has 3 rings (SSSR count). The number of carbonyl (C=O) groups excluding carboxylic acids is 1. The number of phenols is 1. The van der Waals surface area contributed by atoms with Crippen molar-refractivity contribution in [2.45, 2.75) is 13.5 Å². The molecule has 3 aromatic carbocycles. The Kier molecular flexibility index (Phi) is 5.08. The van der Waals surface area contributed by atoms with Crippen LogP contribution < -0.4 is 15.8 Å². The zero-order valence-corrected chi connectivity index (χ0v) is 14.4. The van der Waals surface area contributed by atoms with E-state index in [2.05, 4.69) is 5.32 Å². The first-order valence-corrected chi connectivity index (χ1v) is 8.19. The highest BCUT2D eigenvalue weighted by Gasteiger charge is 2.13. The Morgan fingerprint density at radius 3 is 2.58 bits per heavy atom. The van der Waals surface area contributed by atoms with Gasteiger partial charge in [-0.3, -0.25) is 4.79 Å². The molecular formula is C21H20N2O3. The summed E-state index contributed by atoms with van der Waals surface area (Å²) in [5.41, 5.74) is 9.24. The number of aromatic hydroxyl groups is 1. The van der Waals surface area contributed by atoms with Crippen molar-refractivity contribution in [2.24, 2.45) is 0 Å². The molecule has 0 spiro atoms. The lowest BCUT2D eigenvalue weighted by molar-refractivity contribution is 0.102. The van der Waals surface area contributed by atoms with Crippen LogP contribution >= 0.6 is 0 Å². The normalized spacial score (nSPS) is 10.3. The number of amides is 1. The SMILES string of the molecule is Cc1ccc(NC(=O)c2cc(OCc3cccc(N)c3)ccc2O)cc1. The van der Waals surface area contributed by atoms with Gasteiger partial charge in [0.2, 0.25) is 0 Å². The standard InChI is InChI=1S/C21H20N2O3/c1-14-5-7-17(8-6-14)23-21(25)19-12-18(9-10-20(19)24)26-13-15-3-2-4-16(22)11-15/h2-12,24H,13,22H2,1H3,(H,23,25). The zero-order valence-electron chi connectivity index (χ0n) is 14.4. The van der Waals surface area contributed by atoms with Crippen LogP contribution in [0.4, 0.5) is 11.4 Å². The molecule has 132 valence electrons. The van der Waals surface area contributed by atoms with Crippen molar-refractivity contribution in [2.75, 3.05) is 11.1 Å². The minimum absolute atomic E-state index is 0.106. The number of benzene rings is 3. The van der Waals surface area contributed by atoms with Crippen LogP contribution in [0.15, 0.2) is 66.7 Å². The van der Waals surface area contributed by atoms with Crippen LogP contribution in [0.5, 0.6) is 11.5 Å². The van der Waals surface area contributed by atoms with Crippen LogP contribution in [0, 0.1) is 6.92 Å². The van der Waals surface area contributed by atoms with Crippen LogP contribution in [0.1, 0.15) is 21.5 Å². The summed E-state index contributed by atoms with van der Waals surface area (Å²) in [7, 11) is 0. The van der Waals surface area contributed by atoms with Crippen LogP contribution in [-0.2, 0) is 6.61 Å². The van der Waals surface area contributed by atoms with Crippen LogP contribution in [-0.4, -0.2) is 11.0 Å². The van der Waals surface area contributed by atoms with Gasteiger partial charge in [-0.25, -0.2) is 0 Å². The maximum atomic E-state index is 12.4. The van der Waals surface area contributed by atoms with E-state index in [4.69, 9.17) is 10.5 Å². The summed E-state index contributed by atoms with van der Waals surface area (Å²) in [6.45, 7) is 2.29. The molecule has 0 heterocycles. The summed E-state index contributed by atoms with van der Waals surface area (Å²) < 4.78 is 5.71. The van der Waals surface area contributed by atoms with E-state index in [0.29, 0.717) is 23.7 Å². The fourth-order valence-electron chi connectivity index (χ4n) is 2.47. The molecule has 5 heteroatoms. The van der Waals surface area contributed by atoms with Gasteiger partial charge in [-0.1, -0.05) is 29.8 Å². The number of ether oxygens (including phenoxy) is 1. The average Bonchev–Trinajstić information content (AvgIpc) is 2.63. The number of hydrogen-bond acceptors (Lipinski definition) is 4. The lowest BCUT2D eigenvalue weighted by atomic mass is 10.1. The number of aryl methyl sites for hydroxylation is 1. The topological polar surface area (TPSA) is 84.6 Å². The summed E-state index contributed by atoms with van der Waals surface area (Å²) >= 11 is 0. The summed E-state index contributed by atoms with van der Waals surface area (Å²) in [5.74, 6) is -0.0223. The van der Waals surface area contributed by atoms with E-state index in [9.17, 15) is 9.90 Å². The molecule has 0 atom stereocenters. The Labute approximate surface area is 152 Å². The molecule has 5 nitrogen and oxygen atoms in total. The minimum atomic E-state index is -0.402. The highest BCUT2D eigenvalue weighted by Crippen LogP contribution is 2.25. The molecule has 0 saturated heterocycles. The Balaban J connectivity index is 1.72. The van der Waals surface area contributed by atoms with E-state index in [1.807, 2.05) is 49.4 Å². The highest BCUT2D eigenvalue weighted by atomic mass is 16.5. The predicted octanol–water partition coefficient (Wildman–Crippen LogP) is 4.11. The molecule has 3 aromatic rings. The van der Waals surface area contributed by atoms with Gasteiger partial charge in [0.15, 0.2) is 0 Å². The van der Waals surface area contributed by atoms with Crippen molar-refractivity contribution in [1.82, 2.24) is 0 Å². The molecule has 0 aliphatic rings. The average molecular weight is 348 g/mol. The lowest BCUT2D eigenvalue weighted by Crippen LogP contribution is -2.12. The van der Waals surface area contributed by atoms with Gasteiger partial charge in [-0.05, 0) is 55.0 Å². The number of nitrogens with two attached hydrogens (primary N) is 1. The predicted molar refractivity (Wildman–Crippen MR) is 102 cm³/mol. The maximum absolute atomic E-state index is 12.4. The van der Waals surface area contributed by atoms with Gasteiger partial charge in [0.05, 0.1) is 5.56 Å². The highest BCUT2D eigenvalue weighted by molar-refractivity contribution is 6.06. The monoisotopic (exact) mass is 348 g/mol. The van der Waals surface area contributed by atoms with E-state index in [-0.39, 0.29) is 11.3 Å². The van der Waals surface area contributed by atoms with Crippen molar-refractivity contribution >= 4 is 17.3 Å². The van der Waals surface area contributed by atoms with E-state index in [1.54, 1.807) is 12.1 Å². The summed E-state index contributed by atoms with van der Waals surface area (Å²) in [6.07, 6.45) is 0. The van der Waals surface area contributed by atoms with Crippen molar-refractivity contribution in [3.8, 4) is 11.5 Å². The third-order valence-electron chi connectivity index (χ3n) is 3.88. The fourth-order valence-corrected chi connectivity index (χ4v) is 2.47. The van der Waals surface area contributed by atoms with Gasteiger partial charge < -0.3 is 20.9 Å². The molecule has 26 heavy (non-hydrogen) atoms. The number of carbonyl (C=O) groups is 1. The van der Waals surface area contributed by atoms with Gasteiger partial charge in [-0.15, -0.1) is 0 Å². The van der Waals surface area contributed by atoms with Gasteiger partial charge in [-0.2, -0.15) is 0 Å². The van der Waals surface area contributed by atoms with Crippen molar-refractivity contribution in [3.05, 3.63) is 83.4 Å². The second-order valence-corrected chi connectivity index (χ2v) is 6.03. The van der Waals surface area contributed by atoms with Crippen molar-refractivity contribution < 1.29 is 14.6 Å². The molecule has 4 N–H and O–H groups in total. The first-order valence-electron chi connectivity index (χ1n) is 8.19. The fraction of sp³-hybridized carbons (Fsp3) is 0.0952.